The van der Waals surface area contributed by atoms with Gasteiger partial charge in [0.25, 0.3) is 0 Å². The number of amides is 2. The molecular weight excluding hydrogens is 260 g/mol. The number of rotatable bonds is 9. The number of carbonyl (C=O) groups excluding carboxylic acids is 1. The number of hydrogen-bond donors (Lipinski definition) is 2. The molecule has 116 valence electrons. The van der Waals surface area contributed by atoms with Gasteiger partial charge in [-0.1, -0.05) is 13.8 Å². The lowest BCUT2D eigenvalue weighted by Gasteiger charge is -2.27. The Morgan fingerprint density at radius 3 is 2.50 bits per heavy atom. The zero-order valence-electron chi connectivity index (χ0n) is 12.6. The zero-order chi connectivity index (χ0) is 15.1. The zero-order valence-corrected chi connectivity index (χ0v) is 12.6. The molecule has 2 amide bonds. The number of ether oxygens (including phenoxy) is 1. The van der Waals surface area contributed by atoms with Crippen LogP contribution in [-0.2, 0) is 9.53 Å². The molecule has 0 bridgehead atoms. The van der Waals surface area contributed by atoms with E-state index in [1.165, 1.54) is 4.90 Å². The average molecular weight is 286 g/mol. The first-order valence-electron chi connectivity index (χ1n) is 7.29. The van der Waals surface area contributed by atoms with Crippen molar-refractivity contribution in [3.05, 3.63) is 0 Å². The molecule has 0 radical (unpaired) electrons. The van der Waals surface area contributed by atoms with Crippen LogP contribution < -0.4 is 5.32 Å². The van der Waals surface area contributed by atoms with Gasteiger partial charge in [-0.15, -0.1) is 0 Å². The first-order chi connectivity index (χ1) is 9.43. The van der Waals surface area contributed by atoms with Gasteiger partial charge in [-0.25, -0.2) is 4.79 Å². The standard InChI is InChI=1S/C14H26N2O4/c1-4-20-9-12(10(2)3)15-14(19)16(8-13(17)18)7-11-5-6-11/h10-12H,4-9H2,1-3H3,(H,15,19)(H,17,18). The summed E-state index contributed by atoms with van der Waals surface area (Å²) in [6.45, 7) is 7.24. The summed E-state index contributed by atoms with van der Waals surface area (Å²) < 4.78 is 5.36. The maximum atomic E-state index is 12.2. The third-order valence-corrected chi connectivity index (χ3v) is 3.40. The molecule has 0 aromatic rings. The molecule has 0 aliphatic heterocycles. The molecule has 20 heavy (non-hydrogen) atoms. The van der Waals surface area contributed by atoms with Gasteiger partial charge in [0.2, 0.25) is 0 Å². The fourth-order valence-corrected chi connectivity index (χ4v) is 1.89. The van der Waals surface area contributed by atoms with Gasteiger partial charge < -0.3 is 20.1 Å². The molecule has 0 spiro atoms. The highest BCUT2D eigenvalue weighted by molar-refractivity contribution is 5.80. The number of carboxylic acid groups (broad SMARTS) is 1. The molecule has 1 fully saturated rings. The molecule has 1 saturated carbocycles. The fourth-order valence-electron chi connectivity index (χ4n) is 1.89. The molecule has 1 rings (SSSR count). The van der Waals surface area contributed by atoms with E-state index in [4.69, 9.17) is 9.84 Å². The third kappa shape index (κ3) is 6.23. The van der Waals surface area contributed by atoms with E-state index in [-0.39, 0.29) is 24.5 Å². The lowest BCUT2D eigenvalue weighted by molar-refractivity contribution is -0.137. The van der Waals surface area contributed by atoms with Gasteiger partial charge >= 0.3 is 12.0 Å². The van der Waals surface area contributed by atoms with E-state index in [2.05, 4.69) is 5.32 Å². The van der Waals surface area contributed by atoms with Crippen LogP contribution in [-0.4, -0.2) is 54.4 Å². The Morgan fingerprint density at radius 2 is 2.05 bits per heavy atom. The molecule has 1 atom stereocenters. The average Bonchev–Trinajstić information content (AvgIpc) is 3.16. The Bertz CT molecular complexity index is 329. The van der Waals surface area contributed by atoms with Crippen molar-refractivity contribution in [2.24, 2.45) is 11.8 Å². The minimum atomic E-state index is -0.980. The molecule has 6 nitrogen and oxygen atoms in total. The quantitative estimate of drug-likeness (QED) is 0.674. The molecule has 0 saturated heterocycles. The number of carbonyl (C=O) groups is 2. The number of nitrogens with one attached hydrogen (secondary N) is 1. The maximum absolute atomic E-state index is 12.2. The van der Waals surface area contributed by atoms with E-state index in [1.807, 2.05) is 20.8 Å². The van der Waals surface area contributed by atoms with Crippen LogP contribution in [0.5, 0.6) is 0 Å². The fraction of sp³-hybridized carbons (Fsp3) is 0.857. The van der Waals surface area contributed by atoms with Crippen LogP contribution in [0.3, 0.4) is 0 Å². The molecule has 0 heterocycles. The van der Waals surface area contributed by atoms with Gasteiger partial charge in [-0.3, -0.25) is 4.79 Å². The molecular formula is C14H26N2O4. The lowest BCUT2D eigenvalue weighted by atomic mass is 10.1. The van der Waals surface area contributed by atoms with Crippen molar-refractivity contribution in [3.8, 4) is 0 Å². The van der Waals surface area contributed by atoms with Gasteiger partial charge in [0.15, 0.2) is 0 Å². The summed E-state index contributed by atoms with van der Waals surface area (Å²) in [7, 11) is 0. The highest BCUT2D eigenvalue weighted by atomic mass is 16.5. The Hall–Kier alpha value is -1.30. The summed E-state index contributed by atoms with van der Waals surface area (Å²) in [6.07, 6.45) is 2.16. The molecule has 6 heteroatoms. The Morgan fingerprint density at radius 1 is 1.40 bits per heavy atom. The van der Waals surface area contributed by atoms with Crippen LogP contribution in [0.15, 0.2) is 0 Å². The molecule has 1 aliphatic rings. The summed E-state index contributed by atoms with van der Waals surface area (Å²) >= 11 is 0. The van der Waals surface area contributed by atoms with Crippen molar-refractivity contribution in [3.63, 3.8) is 0 Å². The van der Waals surface area contributed by atoms with E-state index >= 15 is 0 Å². The SMILES string of the molecule is CCOCC(NC(=O)N(CC(=O)O)CC1CC1)C(C)C. The smallest absolute Gasteiger partial charge is 0.323 e. The third-order valence-electron chi connectivity index (χ3n) is 3.40. The second-order valence-corrected chi connectivity index (χ2v) is 5.68. The molecule has 0 aromatic carbocycles. The topological polar surface area (TPSA) is 78.9 Å². The highest BCUT2D eigenvalue weighted by Crippen LogP contribution is 2.29. The summed E-state index contributed by atoms with van der Waals surface area (Å²) in [5.41, 5.74) is 0. The van der Waals surface area contributed by atoms with Crippen molar-refractivity contribution in [2.45, 2.75) is 39.7 Å². The number of aliphatic carboxylic acids is 1. The van der Waals surface area contributed by atoms with E-state index in [9.17, 15) is 9.59 Å². The van der Waals surface area contributed by atoms with Crippen LogP contribution in [0.25, 0.3) is 0 Å². The van der Waals surface area contributed by atoms with E-state index in [0.717, 1.165) is 12.8 Å². The Labute approximate surface area is 120 Å². The summed E-state index contributed by atoms with van der Waals surface area (Å²) in [4.78, 5) is 24.5. The molecule has 1 aliphatic carbocycles. The van der Waals surface area contributed by atoms with Crippen LogP contribution in [0, 0.1) is 11.8 Å². The minimum absolute atomic E-state index is 0.0991. The number of carboxylic acids is 1. The first kappa shape index (κ1) is 16.8. The maximum Gasteiger partial charge on any atom is 0.323 e. The van der Waals surface area contributed by atoms with Gasteiger partial charge in [0.1, 0.15) is 6.54 Å². The second-order valence-electron chi connectivity index (χ2n) is 5.68. The van der Waals surface area contributed by atoms with Gasteiger partial charge in [-0.2, -0.15) is 0 Å². The highest BCUT2D eigenvalue weighted by Gasteiger charge is 2.29. The van der Waals surface area contributed by atoms with Crippen LogP contribution in [0.2, 0.25) is 0 Å². The largest absolute Gasteiger partial charge is 0.480 e. The normalized spacial score (nSPS) is 16.0. The molecule has 2 N–H and O–H groups in total. The van der Waals surface area contributed by atoms with E-state index < -0.39 is 5.97 Å². The Balaban J connectivity index is 2.54. The van der Waals surface area contributed by atoms with Gasteiger partial charge in [0, 0.05) is 13.2 Å². The minimum Gasteiger partial charge on any atom is -0.480 e. The number of urea groups is 1. The lowest BCUT2D eigenvalue weighted by Crippen LogP contribution is -2.50. The van der Waals surface area contributed by atoms with Crippen molar-refractivity contribution in [2.75, 3.05) is 26.3 Å². The van der Waals surface area contributed by atoms with Crippen molar-refractivity contribution < 1.29 is 19.4 Å². The van der Waals surface area contributed by atoms with Crippen molar-refractivity contribution in [1.29, 1.82) is 0 Å². The summed E-state index contributed by atoms with van der Waals surface area (Å²) in [5, 5.41) is 11.8. The monoisotopic (exact) mass is 286 g/mol. The number of nitrogens with zero attached hydrogens (tertiary/aromatic N) is 1. The van der Waals surface area contributed by atoms with E-state index in [1.54, 1.807) is 0 Å². The predicted molar refractivity (Wildman–Crippen MR) is 75.6 cm³/mol. The molecule has 0 aromatic heterocycles. The second kappa shape index (κ2) is 8.09. The van der Waals surface area contributed by atoms with Gasteiger partial charge in [-0.05, 0) is 31.6 Å². The summed E-state index contributed by atoms with van der Waals surface area (Å²) in [6, 6.07) is -0.407. The first-order valence-corrected chi connectivity index (χ1v) is 7.29. The van der Waals surface area contributed by atoms with E-state index in [0.29, 0.717) is 25.7 Å². The van der Waals surface area contributed by atoms with Crippen LogP contribution in [0.4, 0.5) is 4.79 Å². The van der Waals surface area contributed by atoms with Gasteiger partial charge in [0.05, 0.1) is 12.6 Å². The number of hydrogen-bond acceptors (Lipinski definition) is 3. The van der Waals surface area contributed by atoms with Crippen molar-refractivity contribution >= 4 is 12.0 Å². The summed E-state index contributed by atoms with van der Waals surface area (Å²) in [5.74, 6) is -0.283. The van der Waals surface area contributed by atoms with Crippen LogP contribution >= 0.6 is 0 Å². The van der Waals surface area contributed by atoms with Crippen LogP contribution in [0.1, 0.15) is 33.6 Å². The van der Waals surface area contributed by atoms with Crippen molar-refractivity contribution in [1.82, 2.24) is 10.2 Å². The Kier molecular flexibility index (Phi) is 6.78. The molecule has 1 unspecified atom stereocenters. The predicted octanol–water partition coefficient (Wildman–Crippen LogP) is 1.55.